The standard InChI is InChI=1S/C34H30N4O/c1-33(2,3)24-16-17-36-30(19-24)38-28-9-7-6-8-25(28)34(4,5)26-14-12-22(18-29(26)38)27-15-13-21-10-11-23(20-35)32(39)31(21)37-27/h6-19,39H,1-5H3. The zero-order chi connectivity index (χ0) is 27.5. The van der Waals surface area contributed by atoms with Gasteiger partial charge in [-0.15, -0.1) is 0 Å². The molecule has 0 spiro atoms. The minimum Gasteiger partial charge on any atom is -0.504 e. The Kier molecular flexibility index (Phi) is 5.48. The van der Waals surface area contributed by atoms with Crippen molar-refractivity contribution in [2.75, 3.05) is 4.90 Å². The van der Waals surface area contributed by atoms with Crippen molar-refractivity contribution in [1.82, 2.24) is 9.97 Å². The molecule has 0 saturated carbocycles. The number of benzene rings is 3. The molecule has 1 aliphatic rings. The van der Waals surface area contributed by atoms with Crippen molar-refractivity contribution >= 4 is 28.1 Å². The summed E-state index contributed by atoms with van der Waals surface area (Å²) in [5.41, 5.74) is 7.85. The summed E-state index contributed by atoms with van der Waals surface area (Å²) in [4.78, 5) is 11.9. The number of rotatable bonds is 2. The van der Waals surface area contributed by atoms with Crippen LogP contribution < -0.4 is 4.90 Å². The summed E-state index contributed by atoms with van der Waals surface area (Å²) in [6.07, 6.45) is 1.89. The molecule has 0 aliphatic carbocycles. The molecular formula is C34H30N4O. The molecule has 3 aromatic carbocycles. The number of phenols is 1. The van der Waals surface area contributed by atoms with E-state index in [1.807, 2.05) is 30.5 Å². The average Bonchev–Trinajstić information content (AvgIpc) is 2.93. The molecule has 0 bridgehead atoms. The number of aromatic nitrogens is 2. The molecule has 3 heterocycles. The van der Waals surface area contributed by atoms with Crippen molar-refractivity contribution < 1.29 is 5.11 Å². The summed E-state index contributed by atoms with van der Waals surface area (Å²) in [7, 11) is 0. The quantitative estimate of drug-likeness (QED) is 0.259. The van der Waals surface area contributed by atoms with E-state index in [2.05, 4.69) is 94.1 Å². The zero-order valence-electron chi connectivity index (χ0n) is 22.8. The molecule has 0 fully saturated rings. The van der Waals surface area contributed by atoms with Gasteiger partial charge in [0.05, 0.1) is 22.6 Å². The van der Waals surface area contributed by atoms with Crippen LogP contribution in [-0.4, -0.2) is 15.1 Å². The lowest BCUT2D eigenvalue weighted by atomic mass is 9.73. The van der Waals surface area contributed by atoms with Crippen LogP contribution >= 0.6 is 0 Å². The van der Waals surface area contributed by atoms with Gasteiger partial charge in [0.2, 0.25) is 0 Å². The Hall–Kier alpha value is -4.69. The number of fused-ring (bicyclic) bond motifs is 3. The minimum absolute atomic E-state index is 0.0176. The van der Waals surface area contributed by atoms with E-state index in [1.54, 1.807) is 6.07 Å². The smallest absolute Gasteiger partial charge is 0.159 e. The van der Waals surface area contributed by atoms with Gasteiger partial charge in [0.1, 0.15) is 17.4 Å². The molecule has 0 radical (unpaired) electrons. The van der Waals surface area contributed by atoms with E-state index >= 15 is 0 Å². The monoisotopic (exact) mass is 510 g/mol. The third kappa shape index (κ3) is 3.92. The molecule has 5 aromatic rings. The highest BCUT2D eigenvalue weighted by molar-refractivity contribution is 5.90. The number of phenolic OH excluding ortho intramolecular Hbond substituents is 1. The maximum atomic E-state index is 10.7. The number of hydrogen-bond acceptors (Lipinski definition) is 5. The third-order valence-electron chi connectivity index (χ3n) is 7.82. The first-order chi connectivity index (χ1) is 18.6. The van der Waals surface area contributed by atoms with E-state index in [4.69, 9.17) is 9.97 Å². The zero-order valence-corrected chi connectivity index (χ0v) is 22.8. The van der Waals surface area contributed by atoms with Gasteiger partial charge in [-0.05, 0) is 58.5 Å². The normalized spacial score (nSPS) is 14.0. The first-order valence-electron chi connectivity index (χ1n) is 13.1. The maximum absolute atomic E-state index is 10.7. The van der Waals surface area contributed by atoms with Crippen LogP contribution in [0.25, 0.3) is 22.2 Å². The molecule has 39 heavy (non-hydrogen) atoms. The van der Waals surface area contributed by atoms with Gasteiger partial charge in [0, 0.05) is 22.6 Å². The molecular weight excluding hydrogens is 480 g/mol. The van der Waals surface area contributed by atoms with E-state index in [1.165, 1.54) is 16.7 Å². The van der Waals surface area contributed by atoms with Crippen LogP contribution in [0.1, 0.15) is 56.9 Å². The summed E-state index contributed by atoms with van der Waals surface area (Å²) >= 11 is 0. The SMILES string of the molecule is CC(C)(C)c1ccnc(N2c3ccccc3C(C)(C)c3ccc(-c4ccc5ccc(C#N)c(O)c5n4)cc32)c1. The fraction of sp³-hybridized carbons (Fsp3) is 0.206. The first kappa shape index (κ1) is 24.6. The van der Waals surface area contributed by atoms with Crippen LogP contribution in [-0.2, 0) is 10.8 Å². The second-order valence-electron chi connectivity index (χ2n) is 11.7. The summed E-state index contributed by atoms with van der Waals surface area (Å²) in [5, 5.41) is 20.8. The van der Waals surface area contributed by atoms with E-state index in [-0.39, 0.29) is 22.1 Å². The lowest BCUT2D eigenvalue weighted by Crippen LogP contribution is -2.31. The number of nitrogens with zero attached hydrogens (tertiary/aromatic N) is 4. The fourth-order valence-electron chi connectivity index (χ4n) is 5.56. The Morgan fingerprint density at radius 3 is 2.38 bits per heavy atom. The van der Waals surface area contributed by atoms with E-state index in [9.17, 15) is 10.4 Å². The summed E-state index contributed by atoms with van der Waals surface area (Å²) in [6, 6.07) is 28.6. The lowest BCUT2D eigenvalue weighted by Gasteiger charge is -2.42. The molecule has 1 N–H and O–H groups in total. The van der Waals surface area contributed by atoms with E-state index < -0.39 is 0 Å². The van der Waals surface area contributed by atoms with Crippen molar-refractivity contribution in [2.45, 2.75) is 45.4 Å². The molecule has 0 saturated heterocycles. The molecule has 1 aliphatic heterocycles. The van der Waals surface area contributed by atoms with Crippen LogP contribution in [0.4, 0.5) is 17.2 Å². The Bertz CT molecular complexity index is 1810. The summed E-state index contributed by atoms with van der Waals surface area (Å²) < 4.78 is 0. The number of aromatic hydroxyl groups is 1. The average molecular weight is 511 g/mol. The predicted octanol–water partition coefficient (Wildman–Crippen LogP) is 8.28. The summed E-state index contributed by atoms with van der Waals surface area (Å²) in [6.45, 7) is 11.2. The molecule has 2 aromatic heterocycles. The van der Waals surface area contributed by atoms with Gasteiger partial charge in [-0.3, -0.25) is 4.90 Å². The molecule has 5 nitrogen and oxygen atoms in total. The van der Waals surface area contributed by atoms with Crippen LogP contribution in [0.5, 0.6) is 5.75 Å². The minimum atomic E-state index is -0.223. The van der Waals surface area contributed by atoms with Crippen LogP contribution in [0.3, 0.4) is 0 Å². The number of anilines is 3. The van der Waals surface area contributed by atoms with Crippen LogP contribution in [0, 0.1) is 11.3 Å². The highest BCUT2D eigenvalue weighted by Gasteiger charge is 2.37. The highest BCUT2D eigenvalue weighted by Crippen LogP contribution is 2.52. The van der Waals surface area contributed by atoms with Gasteiger partial charge in [-0.25, -0.2) is 9.97 Å². The van der Waals surface area contributed by atoms with Crippen molar-refractivity contribution in [3.05, 3.63) is 107 Å². The van der Waals surface area contributed by atoms with Crippen LogP contribution in [0.15, 0.2) is 85.1 Å². The van der Waals surface area contributed by atoms with Crippen molar-refractivity contribution in [3.8, 4) is 23.1 Å². The number of nitriles is 1. The highest BCUT2D eigenvalue weighted by atomic mass is 16.3. The first-order valence-corrected chi connectivity index (χ1v) is 13.1. The van der Waals surface area contributed by atoms with Gasteiger partial charge in [0.15, 0.2) is 5.75 Å². The molecule has 192 valence electrons. The van der Waals surface area contributed by atoms with Crippen molar-refractivity contribution in [2.24, 2.45) is 0 Å². The predicted molar refractivity (Wildman–Crippen MR) is 157 cm³/mol. The number of hydrogen-bond donors (Lipinski definition) is 1. The Labute approximate surface area is 229 Å². The van der Waals surface area contributed by atoms with E-state index in [0.717, 1.165) is 33.8 Å². The van der Waals surface area contributed by atoms with Gasteiger partial charge >= 0.3 is 0 Å². The van der Waals surface area contributed by atoms with Gasteiger partial charge in [-0.1, -0.05) is 77.1 Å². The van der Waals surface area contributed by atoms with Gasteiger partial charge in [-0.2, -0.15) is 5.26 Å². The second-order valence-corrected chi connectivity index (χ2v) is 11.7. The number of para-hydroxylation sites is 1. The largest absolute Gasteiger partial charge is 0.504 e. The van der Waals surface area contributed by atoms with E-state index in [0.29, 0.717) is 5.52 Å². The lowest BCUT2D eigenvalue weighted by molar-refractivity contribution is 0.478. The molecule has 0 atom stereocenters. The Balaban J connectivity index is 1.59. The number of pyridine rings is 2. The third-order valence-corrected chi connectivity index (χ3v) is 7.82. The molecule has 0 amide bonds. The topological polar surface area (TPSA) is 73.0 Å². The molecule has 5 heteroatoms. The second kappa shape index (κ2) is 8.68. The summed E-state index contributed by atoms with van der Waals surface area (Å²) in [5.74, 6) is 0.779. The van der Waals surface area contributed by atoms with Gasteiger partial charge in [0.25, 0.3) is 0 Å². The molecule has 6 rings (SSSR count). The van der Waals surface area contributed by atoms with Crippen molar-refractivity contribution in [1.29, 1.82) is 5.26 Å². The maximum Gasteiger partial charge on any atom is 0.159 e. The van der Waals surface area contributed by atoms with Gasteiger partial charge < -0.3 is 5.11 Å². The van der Waals surface area contributed by atoms with Crippen molar-refractivity contribution in [3.63, 3.8) is 0 Å². The Morgan fingerprint density at radius 2 is 1.62 bits per heavy atom. The fourth-order valence-corrected chi connectivity index (χ4v) is 5.56. The molecule has 0 unspecified atom stereocenters. The van der Waals surface area contributed by atoms with Crippen LogP contribution in [0.2, 0.25) is 0 Å². The Morgan fingerprint density at radius 1 is 0.872 bits per heavy atom.